The van der Waals surface area contributed by atoms with E-state index >= 15 is 0 Å². The lowest BCUT2D eigenvalue weighted by Gasteiger charge is -2.34. The first-order valence-electron chi connectivity index (χ1n) is 4.80. The summed E-state index contributed by atoms with van der Waals surface area (Å²) in [6.45, 7) is 6.62. The number of aromatic nitrogens is 1. The third-order valence-electron chi connectivity index (χ3n) is 2.76. The van der Waals surface area contributed by atoms with Crippen LogP contribution in [0.1, 0.15) is 32.1 Å². The van der Waals surface area contributed by atoms with Gasteiger partial charge in [-0.25, -0.2) is 4.98 Å². The molecule has 1 N–H and O–H groups in total. The summed E-state index contributed by atoms with van der Waals surface area (Å²) < 4.78 is 0. The van der Waals surface area contributed by atoms with Gasteiger partial charge in [0.1, 0.15) is 0 Å². The predicted molar refractivity (Wildman–Crippen MR) is 60.8 cm³/mol. The van der Waals surface area contributed by atoms with E-state index in [4.69, 9.17) is 5.11 Å². The van der Waals surface area contributed by atoms with Gasteiger partial charge in [-0.3, -0.25) is 0 Å². The Hall–Kier alpha value is -0.610. The quantitative estimate of drug-likeness (QED) is 0.835. The topological polar surface area (TPSA) is 36.4 Å². The summed E-state index contributed by atoms with van der Waals surface area (Å²) in [6.07, 6.45) is 2.81. The molecule has 0 aromatic carbocycles. The van der Waals surface area contributed by atoms with Gasteiger partial charge >= 0.3 is 0 Å². The van der Waals surface area contributed by atoms with Crippen molar-refractivity contribution in [2.45, 2.75) is 39.3 Å². The van der Waals surface area contributed by atoms with Gasteiger partial charge in [-0.1, -0.05) is 18.3 Å². The Bertz CT molecular complexity index is 296. The van der Waals surface area contributed by atoms with Gasteiger partial charge in [-0.05, 0) is 20.3 Å². The largest absolute Gasteiger partial charge is 0.391 e. The fourth-order valence-electron chi connectivity index (χ4n) is 1.02. The molecule has 0 aliphatic rings. The monoisotopic (exact) mass is 214 g/mol. The van der Waals surface area contributed by atoms with Crippen molar-refractivity contribution in [3.63, 3.8) is 0 Å². The zero-order valence-corrected chi connectivity index (χ0v) is 10.1. The van der Waals surface area contributed by atoms with Crippen LogP contribution in [0.5, 0.6) is 0 Å². The minimum absolute atomic E-state index is 0.0814. The molecular formula is C10H18N2OS. The number of rotatable bonds is 4. The number of hydrogen-bond acceptors (Lipinski definition) is 4. The zero-order valence-electron chi connectivity index (χ0n) is 9.24. The highest BCUT2D eigenvalue weighted by atomic mass is 32.1. The molecule has 0 spiro atoms. The Morgan fingerprint density at radius 3 is 2.64 bits per heavy atom. The molecule has 0 fully saturated rings. The maximum Gasteiger partial charge on any atom is 0.185 e. The molecular weight excluding hydrogens is 196 g/mol. The molecule has 0 atom stereocenters. The van der Waals surface area contributed by atoms with Crippen molar-refractivity contribution in [3.05, 3.63) is 11.1 Å². The second kappa shape index (κ2) is 4.28. The highest BCUT2D eigenvalue weighted by molar-refractivity contribution is 7.15. The summed E-state index contributed by atoms with van der Waals surface area (Å²) in [6, 6.07) is 0. The number of anilines is 1. The lowest BCUT2D eigenvalue weighted by atomic mass is 10.0. The normalized spacial score (nSPS) is 11.8. The SMILES string of the molecule is CCC(C)(C)N(C)c1ncc(CO)s1. The highest BCUT2D eigenvalue weighted by Gasteiger charge is 2.23. The highest BCUT2D eigenvalue weighted by Crippen LogP contribution is 2.28. The summed E-state index contributed by atoms with van der Waals surface area (Å²) in [7, 11) is 2.05. The molecule has 0 saturated carbocycles. The van der Waals surface area contributed by atoms with Gasteiger partial charge in [-0.2, -0.15) is 0 Å². The molecule has 14 heavy (non-hydrogen) atoms. The molecule has 0 aliphatic carbocycles. The van der Waals surface area contributed by atoms with Crippen molar-refractivity contribution in [3.8, 4) is 0 Å². The molecule has 1 aromatic heterocycles. The van der Waals surface area contributed by atoms with Crippen LogP contribution in [0.25, 0.3) is 0 Å². The number of hydrogen-bond donors (Lipinski definition) is 1. The van der Waals surface area contributed by atoms with Gasteiger partial charge in [0.05, 0.1) is 11.5 Å². The van der Waals surface area contributed by atoms with Crippen LogP contribution in [-0.4, -0.2) is 22.7 Å². The van der Waals surface area contributed by atoms with Gasteiger partial charge in [0, 0.05) is 18.8 Å². The van der Waals surface area contributed by atoms with E-state index in [1.807, 2.05) is 7.05 Å². The summed E-state index contributed by atoms with van der Waals surface area (Å²) in [5, 5.41) is 9.92. The lowest BCUT2D eigenvalue weighted by molar-refractivity contribution is 0.285. The van der Waals surface area contributed by atoms with Crippen molar-refractivity contribution in [2.75, 3.05) is 11.9 Å². The Morgan fingerprint density at radius 1 is 1.57 bits per heavy atom. The van der Waals surface area contributed by atoms with Crippen LogP contribution in [0.3, 0.4) is 0 Å². The van der Waals surface area contributed by atoms with E-state index in [0.717, 1.165) is 16.4 Å². The first kappa shape index (κ1) is 11.5. The Balaban J connectivity index is 2.83. The molecule has 0 radical (unpaired) electrons. The minimum Gasteiger partial charge on any atom is -0.391 e. The van der Waals surface area contributed by atoms with Crippen LogP contribution in [-0.2, 0) is 6.61 Å². The van der Waals surface area contributed by atoms with E-state index in [1.54, 1.807) is 17.5 Å². The molecule has 4 heteroatoms. The molecule has 0 bridgehead atoms. The molecule has 80 valence electrons. The summed E-state index contributed by atoms with van der Waals surface area (Å²) >= 11 is 1.55. The van der Waals surface area contributed by atoms with Crippen molar-refractivity contribution in [1.82, 2.24) is 4.98 Å². The van der Waals surface area contributed by atoms with Crippen molar-refractivity contribution in [1.29, 1.82) is 0 Å². The van der Waals surface area contributed by atoms with E-state index in [9.17, 15) is 0 Å². The molecule has 0 unspecified atom stereocenters. The first-order chi connectivity index (χ1) is 6.51. The van der Waals surface area contributed by atoms with E-state index in [0.29, 0.717) is 0 Å². The number of aliphatic hydroxyl groups is 1. The summed E-state index contributed by atoms with van der Waals surface area (Å²) in [5.74, 6) is 0. The first-order valence-corrected chi connectivity index (χ1v) is 5.62. The van der Waals surface area contributed by atoms with Gasteiger partial charge in [0.25, 0.3) is 0 Å². The molecule has 0 amide bonds. The Labute approximate surface area is 89.4 Å². The lowest BCUT2D eigenvalue weighted by Crippen LogP contribution is -2.40. The van der Waals surface area contributed by atoms with Crippen LogP contribution in [0, 0.1) is 0 Å². The third kappa shape index (κ3) is 2.25. The van der Waals surface area contributed by atoms with Crippen molar-refractivity contribution >= 4 is 16.5 Å². The van der Waals surface area contributed by atoms with E-state index in [1.165, 1.54) is 0 Å². The molecule has 0 saturated heterocycles. The van der Waals surface area contributed by atoms with E-state index in [2.05, 4.69) is 30.7 Å². The van der Waals surface area contributed by atoms with Crippen molar-refractivity contribution < 1.29 is 5.11 Å². The van der Waals surface area contributed by atoms with Gasteiger partial charge in [0.15, 0.2) is 5.13 Å². The zero-order chi connectivity index (χ0) is 10.8. The second-order valence-electron chi connectivity index (χ2n) is 3.99. The second-order valence-corrected chi connectivity index (χ2v) is 5.09. The standard InChI is InChI=1S/C10H18N2OS/c1-5-10(2,3)12(4)9-11-6-8(7-13)14-9/h6,13H,5,7H2,1-4H3. The summed E-state index contributed by atoms with van der Waals surface area (Å²) in [5.41, 5.74) is 0.116. The molecule has 1 rings (SSSR count). The average molecular weight is 214 g/mol. The van der Waals surface area contributed by atoms with E-state index in [-0.39, 0.29) is 12.1 Å². The van der Waals surface area contributed by atoms with E-state index < -0.39 is 0 Å². The fourth-order valence-corrected chi connectivity index (χ4v) is 1.92. The van der Waals surface area contributed by atoms with Crippen LogP contribution in [0.2, 0.25) is 0 Å². The van der Waals surface area contributed by atoms with Crippen LogP contribution >= 0.6 is 11.3 Å². The smallest absolute Gasteiger partial charge is 0.185 e. The van der Waals surface area contributed by atoms with Crippen LogP contribution in [0.15, 0.2) is 6.20 Å². The average Bonchev–Trinajstić information content (AvgIpc) is 2.64. The van der Waals surface area contributed by atoms with Gasteiger partial charge in [0.2, 0.25) is 0 Å². The number of thiazole rings is 1. The van der Waals surface area contributed by atoms with Crippen LogP contribution < -0.4 is 4.90 Å². The minimum atomic E-state index is 0.0814. The number of aliphatic hydroxyl groups excluding tert-OH is 1. The molecule has 1 aromatic rings. The van der Waals surface area contributed by atoms with Crippen molar-refractivity contribution in [2.24, 2.45) is 0 Å². The third-order valence-corrected chi connectivity index (χ3v) is 3.82. The predicted octanol–water partition coefficient (Wildman–Crippen LogP) is 2.26. The van der Waals surface area contributed by atoms with Gasteiger partial charge in [-0.15, -0.1) is 0 Å². The van der Waals surface area contributed by atoms with Gasteiger partial charge < -0.3 is 10.0 Å². The van der Waals surface area contributed by atoms with Crippen LogP contribution in [0.4, 0.5) is 5.13 Å². The maximum atomic E-state index is 8.94. The Kier molecular flexibility index (Phi) is 3.50. The molecule has 1 heterocycles. The summed E-state index contributed by atoms with van der Waals surface area (Å²) in [4.78, 5) is 7.36. The molecule has 3 nitrogen and oxygen atoms in total. The fraction of sp³-hybridized carbons (Fsp3) is 0.700. The molecule has 0 aliphatic heterocycles. The maximum absolute atomic E-state index is 8.94. The Morgan fingerprint density at radius 2 is 2.21 bits per heavy atom. The number of nitrogens with zero attached hydrogens (tertiary/aromatic N) is 2.